The maximum absolute atomic E-state index is 5.60. The van der Waals surface area contributed by atoms with Crippen LogP contribution in [0, 0.1) is 0 Å². The van der Waals surface area contributed by atoms with E-state index in [2.05, 4.69) is 41.0 Å². The number of ether oxygens (including phenoxy) is 1. The first-order valence-corrected chi connectivity index (χ1v) is 6.41. The molecule has 18 heavy (non-hydrogen) atoms. The van der Waals surface area contributed by atoms with Crippen molar-refractivity contribution in [3.63, 3.8) is 0 Å². The molecular weight excluding hydrogens is 226 g/mol. The Morgan fingerprint density at radius 1 is 1.44 bits per heavy atom. The third kappa shape index (κ3) is 2.89. The molecule has 1 N–H and O–H groups in total. The molecule has 0 bridgehead atoms. The lowest BCUT2D eigenvalue weighted by Crippen LogP contribution is -2.10. The molecule has 4 heteroatoms. The summed E-state index contributed by atoms with van der Waals surface area (Å²) in [5, 5.41) is 4.41. The highest BCUT2D eigenvalue weighted by Crippen LogP contribution is 2.19. The van der Waals surface area contributed by atoms with E-state index in [1.165, 1.54) is 10.9 Å². The molecule has 4 nitrogen and oxygen atoms in total. The van der Waals surface area contributed by atoms with E-state index in [-0.39, 0.29) is 6.10 Å². The zero-order chi connectivity index (χ0) is 13.0. The Morgan fingerprint density at radius 2 is 2.28 bits per heavy atom. The topological polar surface area (TPSA) is 39.1 Å². The van der Waals surface area contributed by atoms with Gasteiger partial charge in [-0.3, -0.25) is 0 Å². The maximum atomic E-state index is 5.60. The van der Waals surface area contributed by atoms with Gasteiger partial charge < -0.3 is 14.6 Å². The van der Waals surface area contributed by atoms with Gasteiger partial charge in [0.15, 0.2) is 0 Å². The summed E-state index contributed by atoms with van der Waals surface area (Å²) >= 11 is 0. The molecule has 0 aliphatic carbocycles. The van der Waals surface area contributed by atoms with Crippen LogP contribution in [-0.4, -0.2) is 29.3 Å². The van der Waals surface area contributed by atoms with E-state index < -0.39 is 0 Å². The number of hydrogen-bond acceptors (Lipinski definition) is 3. The molecule has 0 spiro atoms. The summed E-state index contributed by atoms with van der Waals surface area (Å²) in [7, 11) is 1.96. The summed E-state index contributed by atoms with van der Waals surface area (Å²) in [6.45, 7) is 6.53. The van der Waals surface area contributed by atoms with Gasteiger partial charge in [0.1, 0.15) is 5.65 Å². The Balaban J connectivity index is 2.21. The molecule has 0 saturated carbocycles. The van der Waals surface area contributed by atoms with Crippen LogP contribution >= 0.6 is 0 Å². The van der Waals surface area contributed by atoms with E-state index in [0.29, 0.717) is 0 Å². The number of aromatic nitrogens is 2. The SMILES string of the molecule is CNCc1cn(CCOC(C)C)c2ncccc12. The van der Waals surface area contributed by atoms with Crippen molar-refractivity contribution >= 4 is 11.0 Å². The minimum atomic E-state index is 0.275. The average molecular weight is 247 g/mol. The van der Waals surface area contributed by atoms with Crippen molar-refractivity contribution < 1.29 is 4.74 Å². The standard InChI is InChI=1S/C14H21N3O/c1-11(2)18-8-7-17-10-12(9-15-3)13-5-4-6-16-14(13)17/h4-6,10-11,15H,7-9H2,1-3H3. The lowest BCUT2D eigenvalue weighted by Gasteiger charge is -2.08. The van der Waals surface area contributed by atoms with E-state index in [4.69, 9.17) is 4.74 Å². The van der Waals surface area contributed by atoms with Gasteiger partial charge in [-0.1, -0.05) is 0 Å². The van der Waals surface area contributed by atoms with Crippen LogP contribution in [0.25, 0.3) is 11.0 Å². The maximum Gasteiger partial charge on any atom is 0.140 e. The molecule has 0 unspecified atom stereocenters. The van der Waals surface area contributed by atoms with Crippen LogP contribution in [0.4, 0.5) is 0 Å². The fraction of sp³-hybridized carbons (Fsp3) is 0.500. The molecule has 0 saturated heterocycles. The first-order chi connectivity index (χ1) is 8.72. The second-order valence-corrected chi connectivity index (χ2v) is 4.67. The predicted octanol–water partition coefficient (Wildman–Crippen LogP) is 2.18. The molecule has 0 atom stereocenters. The fourth-order valence-corrected chi connectivity index (χ4v) is 2.08. The Kier molecular flexibility index (Phi) is 4.33. The van der Waals surface area contributed by atoms with Gasteiger partial charge in [0.2, 0.25) is 0 Å². The number of nitrogens with one attached hydrogen (secondary N) is 1. The van der Waals surface area contributed by atoms with Crippen LogP contribution in [0.2, 0.25) is 0 Å². The van der Waals surface area contributed by atoms with Crippen LogP contribution in [-0.2, 0) is 17.8 Å². The third-order valence-electron chi connectivity index (χ3n) is 2.87. The predicted molar refractivity (Wildman–Crippen MR) is 73.6 cm³/mol. The molecule has 2 aromatic heterocycles. The summed E-state index contributed by atoms with van der Waals surface area (Å²) in [4.78, 5) is 4.46. The summed E-state index contributed by atoms with van der Waals surface area (Å²) in [5.74, 6) is 0. The quantitative estimate of drug-likeness (QED) is 0.850. The van der Waals surface area contributed by atoms with Crippen molar-refractivity contribution in [2.24, 2.45) is 0 Å². The number of fused-ring (bicyclic) bond motifs is 1. The molecule has 98 valence electrons. The first kappa shape index (κ1) is 13.1. The third-order valence-corrected chi connectivity index (χ3v) is 2.87. The number of nitrogens with zero attached hydrogens (tertiary/aromatic N) is 2. The second-order valence-electron chi connectivity index (χ2n) is 4.67. The van der Waals surface area contributed by atoms with Gasteiger partial charge in [0.05, 0.1) is 12.7 Å². The van der Waals surface area contributed by atoms with Crippen molar-refractivity contribution in [1.29, 1.82) is 0 Å². The molecule has 0 aromatic carbocycles. The second kappa shape index (κ2) is 5.98. The van der Waals surface area contributed by atoms with E-state index in [1.54, 1.807) is 0 Å². The molecule has 0 radical (unpaired) electrons. The van der Waals surface area contributed by atoms with E-state index in [9.17, 15) is 0 Å². The van der Waals surface area contributed by atoms with E-state index >= 15 is 0 Å². The molecule has 0 aliphatic rings. The Hall–Kier alpha value is -1.39. The van der Waals surface area contributed by atoms with Crippen LogP contribution in [0.5, 0.6) is 0 Å². The smallest absolute Gasteiger partial charge is 0.140 e. The Labute approximate surface area is 108 Å². The Bertz CT molecular complexity index is 505. The zero-order valence-corrected chi connectivity index (χ0v) is 11.3. The highest BCUT2D eigenvalue weighted by molar-refractivity contribution is 5.80. The summed E-state index contributed by atoms with van der Waals surface area (Å²) < 4.78 is 7.77. The van der Waals surface area contributed by atoms with Crippen LogP contribution < -0.4 is 5.32 Å². The molecule has 2 heterocycles. The summed E-state index contributed by atoms with van der Waals surface area (Å²) in [6.07, 6.45) is 4.28. The molecule has 0 aliphatic heterocycles. The van der Waals surface area contributed by atoms with Gasteiger partial charge in [0, 0.05) is 30.9 Å². The molecule has 2 rings (SSSR count). The lowest BCUT2D eigenvalue weighted by molar-refractivity contribution is 0.0732. The molecular formula is C14H21N3O. The lowest BCUT2D eigenvalue weighted by atomic mass is 10.2. The number of hydrogen-bond donors (Lipinski definition) is 1. The van der Waals surface area contributed by atoms with Gasteiger partial charge in [0.25, 0.3) is 0 Å². The molecule has 0 fully saturated rings. The van der Waals surface area contributed by atoms with Crippen LogP contribution in [0.15, 0.2) is 24.5 Å². The van der Waals surface area contributed by atoms with Gasteiger partial charge in [-0.05, 0) is 38.6 Å². The molecule has 0 amide bonds. The molecule has 2 aromatic rings. The largest absolute Gasteiger partial charge is 0.377 e. The van der Waals surface area contributed by atoms with Gasteiger partial charge in [-0.15, -0.1) is 0 Å². The van der Waals surface area contributed by atoms with Gasteiger partial charge in [-0.2, -0.15) is 0 Å². The summed E-state index contributed by atoms with van der Waals surface area (Å²) in [5.41, 5.74) is 2.32. The fourth-order valence-electron chi connectivity index (χ4n) is 2.08. The summed E-state index contributed by atoms with van der Waals surface area (Å²) in [6, 6.07) is 4.10. The highest BCUT2D eigenvalue weighted by Gasteiger charge is 2.08. The van der Waals surface area contributed by atoms with Crippen molar-refractivity contribution in [3.05, 3.63) is 30.1 Å². The van der Waals surface area contributed by atoms with Gasteiger partial charge in [-0.25, -0.2) is 4.98 Å². The Morgan fingerprint density at radius 3 is 3.00 bits per heavy atom. The van der Waals surface area contributed by atoms with Crippen LogP contribution in [0.1, 0.15) is 19.4 Å². The van der Waals surface area contributed by atoms with E-state index in [1.807, 2.05) is 19.3 Å². The first-order valence-electron chi connectivity index (χ1n) is 6.41. The van der Waals surface area contributed by atoms with Gasteiger partial charge >= 0.3 is 0 Å². The van der Waals surface area contributed by atoms with Crippen molar-refractivity contribution in [2.75, 3.05) is 13.7 Å². The minimum absolute atomic E-state index is 0.275. The zero-order valence-electron chi connectivity index (χ0n) is 11.3. The minimum Gasteiger partial charge on any atom is -0.377 e. The van der Waals surface area contributed by atoms with Crippen molar-refractivity contribution in [1.82, 2.24) is 14.9 Å². The van der Waals surface area contributed by atoms with Crippen molar-refractivity contribution in [2.45, 2.75) is 33.0 Å². The van der Waals surface area contributed by atoms with Crippen molar-refractivity contribution in [3.8, 4) is 0 Å². The van der Waals surface area contributed by atoms with E-state index in [0.717, 1.165) is 25.3 Å². The number of rotatable bonds is 6. The highest BCUT2D eigenvalue weighted by atomic mass is 16.5. The normalized spacial score (nSPS) is 11.6. The average Bonchev–Trinajstić information content (AvgIpc) is 2.69. The monoisotopic (exact) mass is 247 g/mol. The number of pyridine rings is 1. The van der Waals surface area contributed by atoms with Crippen LogP contribution in [0.3, 0.4) is 0 Å².